The van der Waals surface area contributed by atoms with Crippen LogP contribution in [0.25, 0.3) is 0 Å². The van der Waals surface area contributed by atoms with Gasteiger partial charge in [-0.05, 0) is 37.0 Å². The summed E-state index contributed by atoms with van der Waals surface area (Å²) in [6, 6.07) is 3.40. The first-order valence-electron chi connectivity index (χ1n) is 7.17. The monoisotopic (exact) mass is 306 g/mol. The summed E-state index contributed by atoms with van der Waals surface area (Å²) in [6.45, 7) is 0.606. The first-order valence-corrected chi connectivity index (χ1v) is 7.17. The summed E-state index contributed by atoms with van der Waals surface area (Å²) >= 11 is 0. The number of carbonyl (C=O) groups is 1. The molecule has 3 rings (SSSR count). The summed E-state index contributed by atoms with van der Waals surface area (Å²) < 4.78 is 28.3. The predicted molar refractivity (Wildman–Crippen MR) is 74.7 cm³/mol. The lowest BCUT2D eigenvalue weighted by Gasteiger charge is -2.18. The van der Waals surface area contributed by atoms with Crippen LogP contribution in [0.3, 0.4) is 0 Å². The number of nitrogens with one attached hydrogen (secondary N) is 1. The zero-order valence-electron chi connectivity index (χ0n) is 11.9. The first kappa shape index (κ1) is 14.6. The van der Waals surface area contributed by atoms with Crippen LogP contribution in [0.4, 0.5) is 8.78 Å². The van der Waals surface area contributed by atoms with Gasteiger partial charge < -0.3 is 5.32 Å². The average Bonchev–Trinajstić information content (AvgIpc) is 3.04. The number of aryl methyl sites for hydroxylation is 1. The van der Waals surface area contributed by atoms with Crippen LogP contribution in [0.5, 0.6) is 0 Å². The zero-order chi connectivity index (χ0) is 15.6. The van der Waals surface area contributed by atoms with E-state index in [9.17, 15) is 13.6 Å². The van der Waals surface area contributed by atoms with Crippen molar-refractivity contribution in [2.45, 2.75) is 37.8 Å². The second-order valence-corrected chi connectivity index (χ2v) is 5.55. The first-order chi connectivity index (χ1) is 10.6. The Morgan fingerprint density at radius 1 is 1.27 bits per heavy atom. The molecule has 22 heavy (non-hydrogen) atoms. The smallest absolute Gasteiger partial charge is 0.220 e. The van der Waals surface area contributed by atoms with Crippen molar-refractivity contribution < 1.29 is 13.6 Å². The van der Waals surface area contributed by atoms with E-state index < -0.39 is 17.2 Å². The Bertz CT molecular complexity index is 648. The molecule has 0 spiro atoms. The topological polar surface area (TPSA) is 59.8 Å². The van der Waals surface area contributed by atoms with Gasteiger partial charge in [-0.15, -0.1) is 0 Å². The number of halogens is 2. The van der Waals surface area contributed by atoms with Gasteiger partial charge in [-0.3, -0.25) is 9.48 Å². The molecule has 0 saturated heterocycles. The van der Waals surface area contributed by atoms with Crippen molar-refractivity contribution in [1.29, 1.82) is 0 Å². The fourth-order valence-corrected chi connectivity index (χ4v) is 2.52. The van der Waals surface area contributed by atoms with Gasteiger partial charge in [0.1, 0.15) is 24.3 Å². The predicted octanol–water partition coefficient (Wildman–Crippen LogP) is 2.14. The highest BCUT2D eigenvalue weighted by Crippen LogP contribution is 2.45. The van der Waals surface area contributed by atoms with Crippen LogP contribution < -0.4 is 5.32 Å². The molecule has 5 nitrogen and oxygen atoms in total. The molecule has 1 aromatic carbocycles. The van der Waals surface area contributed by atoms with E-state index in [2.05, 4.69) is 15.4 Å². The molecule has 1 N–H and O–H groups in total. The van der Waals surface area contributed by atoms with Crippen molar-refractivity contribution in [1.82, 2.24) is 20.1 Å². The van der Waals surface area contributed by atoms with E-state index >= 15 is 0 Å². The number of aromatic nitrogens is 3. The minimum Gasteiger partial charge on any atom is -0.347 e. The molecular weight excluding hydrogens is 290 g/mol. The fraction of sp³-hybridized carbons (Fsp3) is 0.400. The van der Waals surface area contributed by atoms with E-state index in [1.807, 2.05) is 0 Å². The molecule has 116 valence electrons. The number of amides is 1. The molecule has 1 saturated carbocycles. The number of carbonyl (C=O) groups excluding carboxylic acids is 1. The van der Waals surface area contributed by atoms with Crippen LogP contribution >= 0.6 is 0 Å². The zero-order valence-corrected chi connectivity index (χ0v) is 11.9. The SMILES string of the molecule is O=C(CCCn1cncn1)NC1(c2cc(F)cc(F)c2)CC1. The Morgan fingerprint density at radius 2 is 2.00 bits per heavy atom. The minimum absolute atomic E-state index is 0.123. The Balaban J connectivity index is 1.56. The van der Waals surface area contributed by atoms with Crippen molar-refractivity contribution in [3.8, 4) is 0 Å². The molecule has 0 unspecified atom stereocenters. The number of hydrogen-bond donors (Lipinski definition) is 1. The number of benzene rings is 1. The summed E-state index contributed by atoms with van der Waals surface area (Å²) in [6.07, 6.45) is 5.39. The molecule has 1 aliphatic carbocycles. The molecule has 1 fully saturated rings. The minimum atomic E-state index is -0.623. The van der Waals surface area contributed by atoms with E-state index in [4.69, 9.17) is 0 Å². The molecule has 0 bridgehead atoms. The molecule has 7 heteroatoms. The summed E-state index contributed by atoms with van der Waals surface area (Å²) in [5, 5.41) is 6.86. The highest BCUT2D eigenvalue weighted by atomic mass is 19.1. The van der Waals surface area contributed by atoms with Crippen LogP contribution in [0.2, 0.25) is 0 Å². The molecule has 1 aromatic heterocycles. The third-order valence-electron chi connectivity index (χ3n) is 3.80. The molecule has 0 atom stereocenters. The highest BCUT2D eigenvalue weighted by Gasteiger charge is 2.45. The number of nitrogens with zero attached hydrogens (tertiary/aromatic N) is 3. The maximum absolute atomic E-state index is 13.3. The average molecular weight is 306 g/mol. The Labute approximate surface area is 126 Å². The van der Waals surface area contributed by atoms with Gasteiger partial charge in [0.15, 0.2) is 0 Å². The fourth-order valence-electron chi connectivity index (χ4n) is 2.52. The van der Waals surface area contributed by atoms with E-state index in [0.717, 1.165) is 6.07 Å². The van der Waals surface area contributed by atoms with E-state index in [1.54, 1.807) is 11.0 Å². The van der Waals surface area contributed by atoms with Crippen LogP contribution in [0, 0.1) is 11.6 Å². The van der Waals surface area contributed by atoms with Crippen LogP contribution in [0.15, 0.2) is 30.9 Å². The van der Waals surface area contributed by atoms with Gasteiger partial charge in [0, 0.05) is 19.0 Å². The molecule has 0 aliphatic heterocycles. The van der Waals surface area contributed by atoms with Crippen molar-refractivity contribution >= 4 is 5.91 Å². The molecular formula is C15H16F2N4O. The summed E-state index contributed by atoms with van der Waals surface area (Å²) in [5.41, 5.74) is -0.109. The van der Waals surface area contributed by atoms with Crippen molar-refractivity contribution in [2.24, 2.45) is 0 Å². The normalized spacial score (nSPS) is 15.5. The van der Waals surface area contributed by atoms with Crippen LogP contribution in [0.1, 0.15) is 31.2 Å². The lowest BCUT2D eigenvalue weighted by atomic mass is 10.0. The number of hydrogen-bond acceptors (Lipinski definition) is 3. The van der Waals surface area contributed by atoms with Gasteiger partial charge in [-0.1, -0.05) is 0 Å². The molecule has 1 aliphatic rings. The van der Waals surface area contributed by atoms with Gasteiger partial charge in [0.05, 0.1) is 5.54 Å². The number of rotatable bonds is 6. The molecule has 1 amide bonds. The third-order valence-corrected chi connectivity index (χ3v) is 3.80. The largest absolute Gasteiger partial charge is 0.347 e. The van der Waals surface area contributed by atoms with Gasteiger partial charge in [-0.25, -0.2) is 13.8 Å². The van der Waals surface area contributed by atoms with Crippen molar-refractivity contribution in [3.05, 3.63) is 48.1 Å². The summed E-state index contributed by atoms with van der Waals surface area (Å²) in [7, 11) is 0. The lowest BCUT2D eigenvalue weighted by Crippen LogP contribution is -2.35. The summed E-state index contributed by atoms with van der Waals surface area (Å²) in [4.78, 5) is 15.9. The molecule has 0 radical (unpaired) electrons. The second-order valence-electron chi connectivity index (χ2n) is 5.55. The molecule has 2 aromatic rings. The second kappa shape index (κ2) is 5.82. The Morgan fingerprint density at radius 3 is 2.59 bits per heavy atom. The van der Waals surface area contributed by atoms with E-state index in [-0.39, 0.29) is 5.91 Å². The van der Waals surface area contributed by atoms with Crippen molar-refractivity contribution in [3.63, 3.8) is 0 Å². The van der Waals surface area contributed by atoms with E-state index in [1.165, 1.54) is 18.5 Å². The Kier molecular flexibility index (Phi) is 3.87. The maximum Gasteiger partial charge on any atom is 0.220 e. The Hall–Kier alpha value is -2.31. The molecule has 1 heterocycles. The third kappa shape index (κ3) is 3.29. The van der Waals surface area contributed by atoms with Crippen LogP contribution in [-0.2, 0) is 16.9 Å². The summed E-state index contributed by atoms with van der Waals surface area (Å²) in [5.74, 6) is -1.37. The van der Waals surface area contributed by atoms with Gasteiger partial charge in [0.2, 0.25) is 5.91 Å². The lowest BCUT2D eigenvalue weighted by molar-refractivity contribution is -0.122. The van der Waals surface area contributed by atoms with Gasteiger partial charge in [-0.2, -0.15) is 5.10 Å². The van der Waals surface area contributed by atoms with Crippen LogP contribution in [-0.4, -0.2) is 20.7 Å². The highest BCUT2D eigenvalue weighted by molar-refractivity contribution is 5.77. The van der Waals surface area contributed by atoms with Crippen molar-refractivity contribution in [2.75, 3.05) is 0 Å². The van der Waals surface area contributed by atoms with E-state index in [0.29, 0.717) is 37.8 Å². The standard InChI is InChI=1S/C15H16F2N4O/c16-12-6-11(7-13(17)8-12)15(3-4-15)20-14(22)2-1-5-21-10-18-9-19-21/h6-10H,1-5H2,(H,20,22). The maximum atomic E-state index is 13.3. The quantitative estimate of drug-likeness (QED) is 0.889. The van der Waals surface area contributed by atoms with Gasteiger partial charge >= 0.3 is 0 Å². The van der Waals surface area contributed by atoms with Gasteiger partial charge in [0.25, 0.3) is 0 Å².